The van der Waals surface area contributed by atoms with Crippen LogP contribution in [-0.2, 0) is 6.42 Å². The van der Waals surface area contributed by atoms with Crippen molar-refractivity contribution in [2.45, 2.75) is 39.2 Å². The molecular formula is C21H37IN4O2. The van der Waals surface area contributed by atoms with E-state index in [4.69, 9.17) is 9.47 Å². The minimum Gasteiger partial charge on any atom is -0.493 e. The Morgan fingerprint density at radius 1 is 1.11 bits per heavy atom. The van der Waals surface area contributed by atoms with E-state index >= 15 is 0 Å². The molecule has 0 spiro atoms. The molecule has 1 saturated heterocycles. The zero-order valence-electron chi connectivity index (χ0n) is 18.0. The van der Waals surface area contributed by atoms with Crippen LogP contribution >= 0.6 is 24.0 Å². The molecule has 2 N–H and O–H groups in total. The Hall–Kier alpha value is -1.22. The molecule has 0 bridgehead atoms. The van der Waals surface area contributed by atoms with Gasteiger partial charge in [0.2, 0.25) is 0 Å². The number of halogens is 1. The number of aliphatic imine (C=N–C) groups is 1. The molecule has 0 aromatic heterocycles. The third-order valence-corrected chi connectivity index (χ3v) is 5.24. The zero-order chi connectivity index (χ0) is 19.6. The number of ether oxygens (including phenoxy) is 2. The molecule has 160 valence electrons. The van der Waals surface area contributed by atoms with Gasteiger partial charge in [-0.2, -0.15) is 0 Å². The van der Waals surface area contributed by atoms with Crippen molar-refractivity contribution in [2.75, 3.05) is 47.4 Å². The van der Waals surface area contributed by atoms with E-state index in [1.807, 2.05) is 19.2 Å². The van der Waals surface area contributed by atoms with Crippen molar-refractivity contribution in [1.82, 2.24) is 15.5 Å². The molecule has 28 heavy (non-hydrogen) atoms. The fraction of sp³-hybridized carbons (Fsp3) is 0.667. The van der Waals surface area contributed by atoms with Crippen LogP contribution in [0, 0.1) is 5.92 Å². The second-order valence-corrected chi connectivity index (χ2v) is 7.37. The molecule has 1 atom stereocenters. The van der Waals surface area contributed by atoms with Crippen molar-refractivity contribution in [2.24, 2.45) is 10.9 Å². The van der Waals surface area contributed by atoms with Crippen LogP contribution in [0.15, 0.2) is 23.2 Å². The van der Waals surface area contributed by atoms with Crippen LogP contribution in [0.25, 0.3) is 0 Å². The summed E-state index contributed by atoms with van der Waals surface area (Å²) in [5.74, 6) is 3.01. The first-order chi connectivity index (χ1) is 13.1. The lowest BCUT2D eigenvalue weighted by molar-refractivity contribution is 0.192. The zero-order valence-corrected chi connectivity index (χ0v) is 20.3. The molecule has 1 aliphatic rings. The van der Waals surface area contributed by atoms with Gasteiger partial charge in [-0.3, -0.25) is 9.89 Å². The second kappa shape index (κ2) is 13.1. The van der Waals surface area contributed by atoms with E-state index in [1.54, 1.807) is 14.2 Å². The molecule has 1 heterocycles. The molecule has 0 aliphatic carbocycles. The summed E-state index contributed by atoms with van der Waals surface area (Å²) in [5.41, 5.74) is 1.20. The van der Waals surface area contributed by atoms with Gasteiger partial charge in [0.1, 0.15) is 0 Å². The first kappa shape index (κ1) is 24.8. The summed E-state index contributed by atoms with van der Waals surface area (Å²) in [4.78, 5) is 6.98. The first-order valence-corrected chi connectivity index (χ1v) is 9.98. The predicted molar refractivity (Wildman–Crippen MR) is 127 cm³/mol. The van der Waals surface area contributed by atoms with Crippen molar-refractivity contribution in [3.63, 3.8) is 0 Å². The van der Waals surface area contributed by atoms with Gasteiger partial charge in [-0.15, -0.1) is 24.0 Å². The second-order valence-electron chi connectivity index (χ2n) is 7.37. The van der Waals surface area contributed by atoms with Crippen molar-refractivity contribution in [3.05, 3.63) is 23.8 Å². The van der Waals surface area contributed by atoms with E-state index in [0.717, 1.165) is 37.0 Å². The molecule has 1 unspecified atom stereocenters. The summed E-state index contributed by atoms with van der Waals surface area (Å²) in [5, 5.41) is 6.92. The maximum Gasteiger partial charge on any atom is 0.191 e. The largest absolute Gasteiger partial charge is 0.493 e. The van der Waals surface area contributed by atoms with Gasteiger partial charge >= 0.3 is 0 Å². The maximum atomic E-state index is 5.38. The number of guanidine groups is 1. The molecule has 0 saturated carbocycles. The van der Waals surface area contributed by atoms with Gasteiger partial charge in [-0.25, -0.2) is 0 Å². The molecule has 1 aromatic rings. The standard InChI is InChI=1S/C21H36N4O2.HI/c1-16(2)18(25-12-6-7-13-25)15-24-21(22-3)23-11-10-17-8-9-19(26-4)20(14-17)27-5;/h8-9,14,16,18H,6-7,10-13,15H2,1-5H3,(H2,22,23,24);1H. The molecule has 1 aromatic carbocycles. The highest BCUT2D eigenvalue weighted by Gasteiger charge is 2.24. The van der Waals surface area contributed by atoms with Crippen LogP contribution in [0.5, 0.6) is 11.5 Å². The minimum atomic E-state index is 0. The lowest BCUT2D eigenvalue weighted by Gasteiger charge is -2.31. The highest BCUT2D eigenvalue weighted by Crippen LogP contribution is 2.27. The van der Waals surface area contributed by atoms with Crippen LogP contribution in [-0.4, -0.2) is 64.3 Å². The monoisotopic (exact) mass is 504 g/mol. The molecule has 1 fully saturated rings. The lowest BCUT2D eigenvalue weighted by atomic mass is 10.0. The lowest BCUT2D eigenvalue weighted by Crippen LogP contribution is -2.48. The molecule has 1 aliphatic heterocycles. The Balaban J connectivity index is 0.00000392. The van der Waals surface area contributed by atoms with Crippen LogP contribution < -0.4 is 20.1 Å². The number of hydrogen-bond acceptors (Lipinski definition) is 4. The molecular weight excluding hydrogens is 467 g/mol. The number of benzene rings is 1. The van der Waals surface area contributed by atoms with Gasteiger partial charge in [-0.1, -0.05) is 19.9 Å². The van der Waals surface area contributed by atoms with Crippen molar-refractivity contribution in [3.8, 4) is 11.5 Å². The fourth-order valence-electron chi connectivity index (χ4n) is 3.64. The molecule has 0 radical (unpaired) electrons. The quantitative estimate of drug-likeness (QED) is 0.308. The molecule has 2 rings (SSSR count). The van der Waals surface area contributed by atoms with Gasteiger partial charge in [0.05, 0.1) is 14.2 Å². The molecule has 0 amide bonds. The Morgan fingerprint density at radius 2 is 1.79 bits per heavy atom. The Morgan fingerprint density at radius 3 is 2.36 bits per heavy atom. The summed E-state index contributed by atoms with van der Waals surface area (Å²) in [7, 11) is 5.14. The average molecular weight is 504 g/mol. The van der Waals surface area contributed by atoms with Crippen molar-refractivity contribution in [1.29, 1.82) is 0 Å². The Labute approximate surface area is 187 Å². The highest BCUT2D eigenvalue weighted by molar-refractivity contribution is 14.0. The third kappa shape index (κ3) is 7.31. The number of likely N-dealkylation sites (tertiary alicyclic amines) is 1. The van der Waals surface area contributed by atoms with Crippen molar-refractivity contribution >= 4 is 29.9 Å². The highest BCUT2D eigenvalue weighted by atomic mass is 127. The molecule has 7 heteroatoms. The SMILES string of the molecule is CN=C(NCCc1ccc(OC)c(OC)c1)NCC(C(C)C)N1CCCC1.I. The van der Waals surface area contributed by atoms with E-state index in [9.17, 15) is 0 Å². The van der Waals surface area contributed by atoms with Crippen LogP contribution in [0.3, 0.4) is 0 Å². The number of nitrogens with zero attached hydrogens (tertiary/aromatic N) is 2. The van der Waals surface area contributed by atoms with Crippen molar-refractivity contribution < 1.29 is 9.47 Å². The smallest absolute Gasteiger partial charge is 0.191 e. The predicted octanol–water partition coefficient (Wildman–Crippen LogP) is 3.15. The number of hydrogen-bond donors (Lipinski definition) is 2. The maximum absolute atomic E-state index is 5.38. The van der Waals surface area contributed by atoms with Crippen LogP contribution in [0.1, 0.15) is 32.3 Å². The number of nitrogens with one attached hydrogen (secondary N) is 2. The summed E-state index contributed by atoms with van der Waals surface area (Å²) in [6.07, 6.45) is 3.53. The topological polar surface area (TPSA) is 58.1 Å². The normalized spacial score (nSPS) is 15.9. The van der Waals surface area contributed by atoms with Gasteiger partial charge < -0.3 is 20.1 Å². The van der Waals surface area contributed by atoms with Gasteiger partial charge in [0, 0.05) is 26.2 Å². The number of methoxy groups -OCH3 is 2. The van der Waals surface area contributed by atoms with Crippen LogP contribution in [0.4, 0.5) is 0 Å². The van der Waals surface area contributed by atoms with Crippen LogP contribution in [0.2, 0.25) is 0 Å². The average Bonchev–Trinajstić information content (AvgIpc) is 3.20. The Bertz CT molecular complexity index is 604. The first-order valence-electron chi connectivity index (χ1n) is 9.98. The van der Waals surface area contributed by atoms with E-state index in [0.29, 0.717) is 12.0 Å². The van der Waals surface area contributed by atoms with E-state index in [1.165, 1.54) is 31.5 Å². The summed E-state index contributed by atoms with van der Waals surface area (Å²) < 4.78 is 10.7. The third-order valence-electron chi connectivity index (χ3n) is 5.24. The molecule has 6 nitrogen and oxygen atoms in total. The van der Waals surface area contributed by atoms with Gasteiger partial charge in [0.25, 0.3) is 0 Å². The van der Waals surface area contributed by atoms with Gasteiger partial charge in [-0.05, 0) is 56.0 Å². The van der Waals surface area contributed by atoms with E-state index in [-0.39, 0.29) is 24.0 Å². The van der Waals surface area contributed by atoms with Gasteiger partial charge in [0.15, 0.2) is 17.5 Å². The van der Waals surface area contributed by atoms with E-state index < -0.39 is 0 Å². The summed E-state index contributed by atoms with van der Waals surface area (Å²) in [6.45, 7) is 8.78. The fourth-order valence-corrected chi connectivity index (χ4v) is 3.64. The number of rotatable bonds is 9. The minimum absolute atomic E-state index is 0. The Kier molecular flexibility index (Phi) is 11.6. The van der Waals surface area contributed by atoms with E-state index in [2.05, 4.69) is 40.4 Å². The summed E-state index contributed by atoms with van der Waals surface area (Å²) in [6, 6.07) is 6.60. The summed E-state index contributed by atoms with van der Waals surface area (Å²) >= 11 is 0.